The van der Waals surface area contributed by atoms with Gasteiger partial charge in [0, 0.05) is 43.3 Å². The van der Waals surface area contributed by atoms with Gasteiger partial charge in [-0.1, -0.05) is 0 Å². The molecule has 134 valence electrons. The highest BCUT2D eigenvalue weighted by Gasteiger charge is 2.21. The van der Waals surface area contributed by atoms with E-state index in [9.17, 15) is 9.50 Å². The molecule has 1 saturated heterocycles. The number of halogens is 1. The number of nitrogens with zero attached hydrogens (tertiary/aromatic N) is 4. The summed E-state index contributed by atoms with van der Waals surface area (Å²) >= 11 is 0. The highest BCUT2D eigenvalue weighted by molar-refractivity contribution is 5.90. The lowest BCUT2D eigenvalue weighted by molar-refractivity contribution is 0.387. The Morgan fingerprint density at radius 1 is 1.00 bits per heavy atom. The molecule has 2 aromatic carbocycles. The minimum absolute atomic E-state index is 0.191. The summed E-state index contributed by atoms with van der Waals surface area (Å²) in [7, 11) is 1.45. The van der Waals surface area contributed by atoms with E-state index < -0.39 is 5.82 Å². The molecule has 0 atom stereocenters. The molecule has 0 amide bonds. The molecule has 1 aliphatic heterocycles. The van der Waals surface area contributed by atoms with Crippen LogP contribution in [0.2, 0.25) is 0 Å². The van der Waals surface area contributed by atoms with E-state index in [1.807, 2.05) is 12.1 Å². The molecule has 0 radical (unpaired) electrons. The van der Waals surface area contributed by atoms with Gasteiger partial charge in [-0.25, -0.2) is 14.4 Å². The lowest BCUT2D eigenvalue weighted by Gasteiger charge is -2.37. The Labute approximate surface area is 150 Å². The fraction of sp³-hybridized carbons (Fsp3) is 0.263. The number of fused-ring (bicyclic) bond motifs is 1. The van der Waals surface area contributed by atoms with Crippen LogP contribution in [0.4, 0.5) is 15.9 Å². The molecular weight excluding hydrogens is 335 g/mol. The molecular formula is C19H19FN4O2. The van der Waals surface area contributed by atoms with Crippen molar-refractivity contribution in [2.45, 2.75) is 0 Å². The Morgan fingerprint density at radius 2 is 1.69 bits per heavy atom. The van der Waals surface area contributed by atoms with E-state index in [4.69, 9.17) is 4.74 Å². The molecule has 0 aliphatic carbocycles. The van der Waals surface area contributed by atoms with Crippen molar-refractivity contribution in [1.29, 1.82) is 0 Å². The fourth-order valence-corrected chi connectivity index (χ4v) is 3.29. The summed E-state index contributed by atoms with van der Waals surface area (Å²) in [6.07, 6.45) is 1.47. The molecule has 1 fully saturated rings. The van der Waals surface area contributed by atoms with Crippen molar-refractivity contribution in [3.05, 3.63) is 48.5 Å². The van der Waals surface area contributed by atoms with Crippen LogP contribution in [-0.2, 0) is 0 Å². The van der Waals surface area contributed by atoms with E-state index in [0.29, 0.717) is 5.52 Å². The SMILES string of the molecule is COc1cc2c(N3CCN(c4ccc(O)cc4)CC3)ncnc2cc1F. The molecule has 2 heterocycles. The zero-order valence-corrected chi connectivity index (χ0v) is 14.4. The molecule has 1 aliphatic rings. The monoisotopic (exact) mass is 354 g/mol. The summed E-state index contributed by atoms with van der Waals surface area (Å²) in [5.41, 5.74) is 1.65. The maximum atomic E-state index is 13.9. The summed E-state index contributed by atoms with van der Waals surface area (Å²) in [5.74, 6) is 0.817. The summed E-state index contributed by atoms with van der Waals surface area (Å²) in [4.78, 5) is 13.0. The summed E-state index contributed by atoms with van der Waals surface area (Å²) in [5, 5.41) is 10.2. The van der Waals surface area contributed by atoms with Gasteiger partial charge in [0.1, 0.15) is 17.9 Å². The second-order valence-corrected chi connectivity index (χ2v) is 6.19. The van der Waals surface area contributed by atoms with Crippen LogP contribution < -0.4 is 14.5 Å². The quantitative estimate of drug-likeness (QED) is 0.780. The number of anilines is 2. The van der Waals surface area contributed by atoms with Crippen LogP contribution in [0, 0.1) is 5.82 Å². The topological polar surface area (TPSA) is 61.7 Å². The molecule has 0 unspecified atom stereocenters. The Bertz CT molecular complexity index is 925. The number of phenolic OH excluding ortho intramolecular Hbond substituents is 1. The summed E-state index contributed by atoms with van der Waals surface area (Å²) < 4.78 is 19.0. The van der Waals surface area contributed by atoms with Gasteiger partial charge in [-0.05, 0) is 30.3 Å². The van der Waals surface area contributed by atoms with Crippen LogP contribution in [-0.4, -0.2) is 48.4 Å². The number of hydrogen-bond acceptors (Lipinski definition) is 6. The van der Waals surface area contributed by atoms with Crippen LogP contribution in [0.3, 0.4) is 0 Å². The number of aromatic nitrogens is 2. The van der Waals surface area contributed by atoms with E-state index in [-0.39, 0.29) is 11.5 Å². The van der Waals surface area contributed by atoms with E-state index in [1.165, 1.54) is 19.5 Å². The number of aromatic hydroxyl groups is 1. The number of benzene rings is 2. The van der Waals surface area contributed by atoms with Crippen molar-refractivity contribution in [3.63, 3.8) is 0 Å². The zero-order chi connectivity index (χ0) is 18.1. The van der Waals surface area contributed by atoms with Crippen molar-refractivity contribution in [1.82, 2.24) is 9.97 Å². The first-order valence-corrected chi connectivity index (χ1v) is 8.43. The van der Waals surface area contributed by atoms with Crippen molar-refractivity contribution in [3.8, 4) is 11.5 Å². The second kappa shape index (κ2) is 6.67. The Kier molecular flexibility index (Phi) is 4.20. The van der Waals surface area contributed by atoms with Crippen molar-refractivity contribution < 1.29 is 14.2 Å². The first-order chi connectivity index (χ1) is 12.7. The van der Waals surface area contributed by atoms with Crippen LogP contribution in [0.25, 0.3) is 10.9 Å². The maximum Gasteiger partial charge on any atom is 0.167 e. The minimum Gasteiger partial charge on any atom is -0.508 e. The van der Waals surface area contributed by atoms with Gasteiger partial charge < -0.3 is 19.6 Å². The smallest absolute Gasteiger partial charge is 0.167 e. The average molecular weight is 354 g/mol. The van der Waals surface area contributed by atoms with Gasteiger partial charge in [-0.3, -0.25) is 0 Å². The lowest BCUT2D eigenvalue weighted by atomic mass is 10.2. The fourth-order valence-electron chi connectivity index (χ4n) is 3.29. The molecule has 1 N–H and O–H groups in total. The van der Waals surface area contributed by atoms with Gasteiger partial charge in [0.05, 0.1) is 12.6 Å². The predicted octanol–water partition coefficient (Wildman–Crippen LogP) is 2.81. The number of rotatable bonds is 3. The van der Waals surface area contributed by atoms with Gasteiger partial charge in [0.15, 0.2) is 11.6 Å². The Balaban J connectivity index is 1.58. The van der Waals surface area contributed by atoms with E-state index in [0.717, 1.165) is 43.1 Å². The van der Waals surface area contributed by atoms with Crippen LogP contribution >= 0.6 is 0 Å². The highest BCUT2D eigenvalue weighted by Crippen LogP contribution is 2.30. The van der Waals surface area contributed by atoms with Gasteiger partial charge in [0.25, 0.3) is 0 Å². The third-order valence-electron chi connectivity index (χ3n) is 4.68. The van der Waals surface area contributed by atoms with Crippen LogP contribution in [0.1, 0.15) is 0 Å². The normalized spacial score (nSPS) is 14.7. The minimum atomic E-state index is -0.429. The van der Waals surface area contributed by atoms with Gasteiger partial charge in [-0.15, -0.1) is 0 Å². The Morgan fingerprint density at radius 3 is 2.38 bits per heavy atom. The van der Waals surface area contributed by atoms with Crippen LogP contribution in [0.5, 0.6) is 11.5 Å². The molecule has 4 rings (SSSR count). The van der Waals surface area contributed by atoms with E-state index >= 15 is 0 Å². The number of phenols is 1. The van der Waals surface area contributed by atoms with Gasteiger partial charge in [-0.2, -0.15) is 0 Å². The lowest BCUT2D eigenvalue weighted by Crippen LogP contribution is -2.46. The average Bonchev–Trinajstić information content (AvgIpc) is 2.68. The van der Waals surface area contributed by atoms with Crippen molar-refractivity contribution >= 4 is 22.4 Å². The molecule has 7 heteroatoms. The van der Waals surface area contributed by atoms with Gasteiger partial charge >= 0.3 is 0 Å². The third kappa shape index (κ3) is 2.96. The molecule has 0 bridgehead atoms. The molecule has 3 aromatic rings. The second-order valence-electron chi connectivity index (χ2n) is 6.19. The molecule has 1 aromatic heterocycles. The standard InChI is InChI=1S/C19H19FN4O2/c1-26-18-10-15-17(11-16(18)20)21-12-22-19(15)24-8-6-23(7-9-24)13-2-4-14(25)5-3-13/h2-5,10-12,25H,6-9H2,1H3. The van der Waals surface area contributed by atoms with Gasteiger partial charge in [0.2, 0.25) is 0 Å². The maximum absolute atomic E-state index is 13.9. The largest absolute Gasteiger partial charge is 0.508 e. The number of hydrogen-bond donors (Lipinski definition) is 1. The van der Waals surface area contributed by atoms with Crippen LogP contribution in [0.15, 0.2) is 42.7 Å². The summed E-state index contributed by atoms with van der Waals surface area (Å²) in [6.45, 7) is 3.22. The molecule has 6 nitrogen and oxygen atoms in total. The first-order valence-electron chi connectivity index (χ1n) is 8.43. The predicted molar refractivity (Wildman–Crippen MR) is 98.6 cm³/mol. The number of methoxy groups -OCH3 is 1. The van der Waals surface area contributed by atoms with Crippen molar-refractivity contribution in [2.75, 3.05) is 43.1 Å². The number of piperazine rings is 1. The zero-order valence-electron chi connectivity index (χ0n) is 14.4. The molecule has 0 saturated carbocycles. The number of ether oxygens (including phenoxy) is 1. The molecule has 0 spiro atoms. The first kappa shape index (κ1) is 16.4. The van der Waals surface area contributed by atoms with E-state index in [2.05, 4.69) is 19.8 Å². The summed E-state index contributed by atoms with van der Waals surface area (Å²) in [6, 6.07) is 10.3. The highest BCUT2D eigenvalue weighted by atomic mass is 19.1. The molecule has 26 heavy (non-hydrogen) atoms. The van der Waals surface area contributed by atoms with E-state index in [1.54, 1.807) is 18.2 Å². The third-order valence-corrected chi connectivity index (χ3v) is 4.68. The Hall–Kier alpha value is -3.09. The van der Waals surface area contributed by atoms with Crippen molar-refractivity contribution in [2.24, 2.45) is 0 Å².